The van der Waals surface area contributed by atoms with Crippen molar-refractivity contribution in [2.75, 3.05) is 0 Å². The second-order valence-corrected chi connectivity index (χ2v) is 4.31. The van der Waals surface area contributed by atoms with E-state index in [1.54, 1.807) is 12.5 Å². The van der Waals surface area contributed by atoms with Crippen LogP contribution < -0.4 is 0 Å². The van der Waals surface area contributed by atoms with Gasteiger partial charge in [0, 0.05) is 17.8 Å². The van der Waals surface area contributed by atoms with Crippen molar-refractivity contribution in [1.29, 1.82) is 0 Å². The molecule has 0 saturated carbocycles. The third kappa shape index (κ3) is 1.95. The van der Waals surface area contributed by atoms with Crippen LogP contribution in [0.15, 0.2) is 36.9 Å². The first kappa shape index (κ1) is 10.8. The molecule has 1 unspecified atom stereocenters. The molecule has 0 saturated heterocycles. The number of H-pyrrole nitrogens is 1. The summed E-state index contributed by atoms with van der Waals surface area (Å²) in [6.07, 6.45) is 5.99. The molecule has 0 fully saturated rings. The van der Waals surface area contributed by atoms with E-state index in [1.807, 2.05) is 24.4 Å². The predicted molar refractivity (Wildman–Crippen MR) is 68.0 cm³/mol. The first-order valence-electron chi connectivity index (χ1n) is 5.88. The second-order valence-electron chi connectivity index (χ2n) is 4.31. The molecule has 90 valence electrons. The minimum Gasteiger partial charge on any atom is -0.261 e. The van der Waals surface area contributed by atoms with Crippen LogP contribution in [0.4, 0.5) is 0 Å². The van der Waals surface area contributed by atoms with Crippen LogP contribution in [0.5, 0.6) is 0 Å². The largest absolute Gasteiger partial charge is 0.261 e. The van der Waals surface area contributed by atoms with Crippen LogP contribution >= 0.6 is 0 Å². The first-order valence-corrected chi connectivity index (χ1v) is 5.88. The number of nitrogens with one attached hydrogen (secondary N) is 1. The Morgan fingerprint density at radius 2 is 2.17 bits per heavy atom. The Kier molecular flexibility index (Phi) is 2.72. The van der Waals surface area contributed by atoms with Crippen LogP contribution in [0.25, 0.3) is 11.0 Å². The predicted octanol–water partition coefficient (Wildman–Crippen LogP) is 2.09. The Morgan fingerprint density at radius 1 is 1.22 bits per heavy atom. The van der Waals surface area contributed by atoms with Gasteiger partial charge in [0.2, 0.25) is 0 Å². The van der Waals surface area contributed by atoms with Crippen molar-refractivity contribution >= 4 is 11.0 Å². The third-order valence-electron chi connectivity index (χ3n) is 3.02. The molecule has 0 aromatic carbocycles. The fourth-order valence-corrected chi connectivity index (χ4v) is 2.04. The van der Waals surface area contributed by atoms with E-state index in [4.69, 9.17) is 0 Å². The first-order chi connectivity index (χ1) is 8.84. The van der Waals surface area contributed by atoms with Crippen molar-refractivity contribution in [3.8, 4) is 0 Å². The fraction of sp³-hybridized carbons (Fsp3) is 0.231. The number of nitrogens with zero attached hydrogens (tertiary/aromatic N) is 4. The molecule has 3 heterocycles. The van der Waals surface area contributed by atoms with E-state index in [0.717, 1.165) is 28.8 Å². The van der Waals surface area contributed by atoms with Crippen molar-refractivity contribution < 1.29 is 0 Å². The zero-order chi connectivity index (χ0) is 12.4. The summed E-state index contributed by atoms with van der Waals surface area (Å²) >= 11 is 0. The number of hydrogen-bond donors (Lipinski definition) is 1. The van der Waals surface area contributed by atoms with Gasteiger partial charge in [0.1, 0.15) is 6.33 Å². The molecule has 0 aliphatic carbocycles. The Bertz CT molecular complexity index is 647. The molecule has 0 bridgehead atoms. The molecule has 5 heteroatoms. The maximum atomic E-state index is 4.38. The summed E-state index contributed by atoms with van der Waals surface area (Å²) in [6, 6.07) is 5.97. The van der Waals surface area contributed by atoms with Gasteiger partial charge in [-0.3, -0.25) is 10.1 Å². The minimum atomic E-state index is 0.319. The highest BCUT2D eigenvalue weighted by molar-refractivity contribution is 5.76. The molecule has 3 aromatic rings. The van der Waals surface area contributed by atoms with Crippen LogP contribution in [0.2, 0.25) is 0 Å². The molecule has 3 rings (SSSR count). The summed E-state index contributed by atoms with van der Waals surface area (Å²) in [5.74, 6) is 0.319. The monoisotopic (exact) mass is 239 g/mol. The molecule has 0 amide bonds. The molecule has 0 aliphatic rings. The van der Waals surface area contributed by atoms with Crippen molar-refractivity contribution in [2.24, 2.45) is 0 Å². The zero-order valence-electron chi connectivity index (χ0n) is 10.0. The van der Waals surface area contributed by atoms with Gasteiger partial charge in [-0.05, 0) is 18.6 Å². The number of hydrogen-bond acceptors (Lipinski definition) is 4. The smallest absolute Gasteiger partial charge is 0.158 e. The molecular formula is C13H13N5. The normalized spacial score (nSPS) is 12.7. The molecule has 3 aromatic heterocycles. The van der Waals surface area contributed by atoms with E-state index >= 15 is 0 Å². The maximum Gasteiger partial charge on any atom is 0.158 e. The molecule has 1 N–H and O–H groups in total. The van der Waals surface area contributed by atoms with E-state index in [-0.39, 0.29) is 0 Å². The van der Waals surface area contributed by atoms with Gasteiger partial charge < -0.3 is 0 Å². The van der Waals surface area contributed by atoms with E-state index in [1.165, 1.54) is 0 Å². The van der Waals surface area contributed by atoms with Crippen molar-refractivity contribution in [3.63, 3.8) is 0 Å². The topological polar surface area (TPSA) is 67.3 Å². The maximum absolute atomic E-state index is 4.38. The number of aromatic nitrogens is 5. The van der Waals surface area contributed by atoms with Gasteiger partial charge in [-0.15, -0.1) is 0 Å². The van der Waals surface area contributed by atoms with Crippen molar-refractivity contribution in [1.82, 2.24) is 25.1 Å². The van der Waals surface area contributed by atoms with Gasteiger partial charge in [-0.1, -0.05) is 13.0 Å². The molecule has 1 atom stereocenters. The Hall–Kier alpha value is -2.30. The lowest BCUT2D eigenvalue weighted by molar-refractivity contribution is 0.718. The second kappa shape index (κ2) is 4.52. The van der Waals surface area contributed by atoms with Gasteiger partial charge in [0.15, 0.2) is 5.65 Å². The van der Waals surface area contributed by atoms with Gasteiger partial charge in [0.05, 0.1) is 17.3 Å². The summed E-state index contributed by atoms with van der Waals surface area (Å²) < 4.78 is 0. The SMILES string of the molecule is CC(Cc1ncnc2[nH]ncc12)c1ccccn1. The number of rotatable bonds is 3. The summed E-state index contributed by atoms with van der Waals surface area (Å²) in [7, 11) is 0. The molecule has 0 spiro atoms. The molecular weight excluding hydrogens is 226 g/mol. The van der Waals surface area contributed by atoms with Crippen LogP contribution in [0.1, 0.15) is 24.2 Å². The molecule has 0 aliphatic heterocycles. The lowest BCUT2D eigenvalue weighted by atomic mass is 10.00. The van der Waals surface area contributed by atoms with Crippen molar-refractivity contribution in [2.45, 2.75) is 19.3 Å². The van der Waals surface area contributed by atoms with E-state index in [0.29, 0.717) is 5.92 Å². The quantitative estimate of drug-likeness (QED) is 0.760. The third-order valence-corrected chi connectivity index (χ3v) is 3.02. The Labute approximate surface area is 104 Å². The lowest BCUT2D eigenvalue weighted by Crippen LogP contribution is -2.03. The summed E-state index contributed by atoms with van der Waals surface area (Å²) in [4.78, 5) is 12.9. The highest BCUT2D eigenvalue weighted by Gasteiger charge is 2.12. The Morgan fingerprint density at radius 3 is 3.00 bits per heavy atom. The molecule has 5 nitrogen and oxygen atoms in total. The Balaban J connectivity index is 1.91. The van der Waals surface area contributed by atoms with Gasteiger partial charge in [-0.25, -0.2) is 9.97 Å². The zero-order valence-corrected chi connectivity index (χ0v) is 10.0. The van der Waals surface area contributed by atoms with Gasteiger partial charge in [0.25, 0.3) is 0 Å². The van der Waals surface area contributed by atoms with Crippen LogP contribution in [0.3, 0.4) is 0 Å². The lowest BCUT2D eigenvalue weighted by Gasteiger charge is -2.10. The summed E-state index contributed by atoms with van der Waals surface area (Å²) in [5.41, 5.74) is 2.87. The van der Waals surface area contributed by atoms with E-state index in [9.17, 15) is 0 Å². The summed E-state index contributed by atoms with van der Waals surface area (Å²) in [6.45, 7) is 2.15. The van der Waals surface area contributed by atoms with Gasteiger partial charge >= 0.3 is 0 Å². The number of aromatic amines is 1. The van der Waals surface area contributed by atoms with Crippen LogP contribution in [0, 0.1) is 0 Å². The van der Waals surface area contributed by atoms with Gasteiger partial charge in [-0.2, -0.15) is 5.10 Å². The molecule has 18 heavy (non-hydrogen) atoms. The highest BCUT2D eigenvalue weighted by Crippen LogP contribution is 2.20. The van der Waals surface area contributed by atoms with Crippen LogP contribution in [-0.4, -0.2) is 25.1 Å². The number of pyridine rings is 1. The van der Waals surface area contributed by atoms with E-state index in [2.05, 4.69) is 32.1 Å². The van der Waals surface area contributed by atoms with E-state index < -0.39 is 0 Å². The van der Waals surface area contributed by atoms with Crippen LogP contribution in [-0.2, 0) is 6.42 Å². The number of fused-ring (bicyclic) bond motifs is 1. The standard InChI is InChI=1S/C13H13N5/c1-9(11-4-2-3-5-14-11)6-12-10-7-17-18-13(10)16-8-15-12/h2-5,7-9H,6H2,1H3,(H,15,16,17,18). The molecule has 0 radical (unpaired) electrons. The average Bonchev–Trinajstić information content (AvgIpc) is 2.89. The van der Waals surface area contributed by atoms with Crippen molar-refractivity contribution in [3.05, 3.63) is 48.3 Å². The fourth-order valence-electron chi connectivity index (χ4n) is 2.04. The summed E-state index contributed by atoms with van der Waals surface area (Å²) in [5, 5.41) is 7.84. The average molecular weight is 239 g/mol. The highest BCUT2D eigenvalue weighted by atomic mass is 15.1. The minimum absolute atomic E-state index is 0.319.